The van der Waals surface area contributed by atoms with Crippen molar-refractivity contribution >= 4 is 11.8 Å². The molecule has 1 aliphatic rings. The molecule has 0 heterocycles. The molecule has 4 heteroatoms. The summed E-state index contributed by atoms with van der Waals surface area (Å²) in [6.07, 6.45) is 32.2. The SMILES string of the molecule is CC/C=C/C/C=C/C/C=C/C/C=C\C/C=C/C/C=C/CCC(=O)C1CC(O)CC1C(=O)O. The van der Waals surface area contributed by atoms with Crippen LogP contribution in [0.2, 0.25) is 0 Å². The van der Waals surface area contributed by atoms with E-state index in [0.29, 0.717) is 12.8 Å². The van der Waals surface area contributed by atoms with E-state index in [1.54, 1.807) is 0 Å². The van der Waals surface area contributed by atoms with E-state index >= 15 is 0 Å². The van der Waals surface area contributed by atoms with Crippen LogP contribution in [0, 0.1) is 11.8 Å². The lowest BCUT2D eigenvalue weighted by Crippen LogP contribution is -2.25. The Balaban J connectivity index is 2.07. The predicted octanol–water partition coefficient (Wildman–Crippen LogP) is 6.51. The molecule has 1 saturated carbocycles. The van der Waals surface area contributed by atoms with E-state index in [-0.39, 0.29) is 18.6 Å². The first kappa shape index (κ1) is 27.6. The summed E-state index contributed by atoms with van der Waals surface area (Å²) in [4.78, 5) is 23.5. The van der Waals surface area contributed by atoms with Gasteiger partial charge in [-0.15, -0.1) is 0 Å². The molecule has 0 radical (unpaired) electrons. The quantitative estimate of drug-likeness (QED) is 0.268. The van der Waals surface area contributed by atoms with Crippen LogP contribution in [0.15, 0.2) is 72.9 Å². The first-order valence-electron chi connectivity index (χ1n) is 11.9. The average molecular weight is 441 g/mol. The molecule has 0 amide bonds. The Hall–Kier alpha value is -2.46. The fourth-order valence-corrected chi connectivity index (χ4v) is 3.69. The van der Waals surface area contributed by atoms with Gasteiger partial charge in [-0.25, -0.2) is 0 Å². The smallest absolute Gasteiger partial charge is 0.307 e. The zero-order valence-corrected chi connectivity index (χ0v) is 19.4. The number of aliphatic carboxylic acids is 1. The molecule has 1 aliphatic carbocycles. The van der Waals surface area contributed by atoms with Gasteiger partial charge >= 0.3 is 5.97 Å². The Bertz CT molecular complexity index is 709. The summed E-state index contributed by atoms with van der Waals surface area (Å²) in [5, 5.41) is 18.8. The number of aliphatic hydroxyl groups is 1. The normalized spacial score (nSPS) is 22.1. The Morgan fingerprint density at radius 3 is 1.53 bits per heavy atom. The second-order valence-corrected chi connectivity index (χ2v) is 8.10. The van der Waals surface area contributed by atoms with Gasteiger partial charge in [0, 0.05) is 12.3 Å². The van der Waals surface area contributed by atoms with Crippen molar-refractivity contribution in [2.45, 2.75) is 77.2 Å². The van der Waals surface area contributed by atoms with Crippen LogP contribution >= 0.6 is 0 Å². The lowest BCUT2D eigenvalue weighted by molar-refractivity contribution is -0.145. The van der Waals surface area contributed by atoms with Crippen molar-refractivity contribution < 1.29 is 19.8 Å². The van der Waals surface area contributed by atoms with Gasteiger partial charge in [-0.1, -0.05) is 79.8 Å². The van der Waals surface area contributed by atoms with Crippen molar-refractivity contribution in [1.29, 1.82) is 0 Å². The zero-order valence-electron chi connectivity index (χ0n) is 19.4. The number of carboxylic acids is 1. The number of rotatable bonds is 16. The minimum atomic E-state index is -0.978. The molecular weight excluding hydrogens is 400 g/mol. The van der Waals surface area contributed by atoms with Gasteiger partial charge in [0.25, 0.3) is 0 Å². The Kier molecular flexibility index (Phi) is 15.6. The van der Waals surface area contributed by atoms with Gasteiger partial charge in [-0.3, -0.25) is 9.59 Å². The standard InChI is InChI=1S/C28H40O4/c1-2-3-4-5-6-7-8-9-10-11-12-13-14-15-16-17-18-19-20-21-27(30)25-22-24(29)23-26(25)28(31)32/h3-4,6-7,9-10,12-13,15-16,18-19,24-26,29H,2,5,8,11,14,17,20-23H2,1H3,(H,31,32)/b4-3+,7-6+,10-9+,13-12-,16-15+,19-18+. The monoisotopic (exact) mass is 440 g/mol. The molecule has 176 valence electrons. The summed E-state index contributed by atoms with van der Waals surface area (Å²) in [5.41, 5.74) is 0. The zero-order chi connectivity index (χ0) is 23.4. The number of aliphatic hydroxyl groups excluding tert-OH is 1. The van der Waals surface area contributed by atoms with Crippen LogP contribution in [0.4, 0.5) is 0 Å². The topological polar surface area (TPSA) is 74.6 Å². The maximum atomic E-state index is 12.2. The highest BCUT2D eigenvalue weighted by Gasteiger charge is 2.41. The molecule has 0 aromatic rings. The number of allylic oxidation sites excluding steroid dienone is 12. The molecule has 1 fully saturated rings. The van der Waals surface area contributed by atoms with Crippen LogP contribution in [0.5, 0.6) is 0 Å². The third kappa shape index (κ3) is 13.1. The van der Waals surface area contributed by atoms with Crippen molar-refractivity contribution in [3.63, 3.8) is 0 Å². The molecule has 0 saturated heterocycles. The van der Waals surface area contributed by atoms with Crippen LogP contribution in [0.3, 0.4) is 0 Å². The predicted molar refractivity (Wildman–Crippen MR) is 132 cm³/mol. The van der Waals surface area contributed by atoms with Crippen molar-refractivity contribution in [3.05, 3.63) is 72.9 Å². The number of carbonyl (C=O) groups is 2. The second kappa shape index (κ2) is 18.1. The summed E-state index contributed by atoms with van der Waals surface area (Å²) in [5.74, 6) is -2.30. The number of Topliss-reactive ketones (excluding diaryl/α,β-unsaturated/α-hetero) is 1. The maximum Gasteiger partial charge on any atom is 0.307 e. The van der Waals surface area contributed by atoms with Gasteiger partial charge in [-0.2, -0.15) is 0 Å². The maximum absolute atomic E-state index is 12.2. The molecule has 0 aromatic carbocycles. The highest BCUT2D eigenvalue weighted by molar-refractivity contribution is 5.87. The van der Waals surface area contributed by atoms with E-state index in [4.69, 9.17) is 0 Å². The molecule has 0 spiro atoms. The van der Waals surface area contributed by atoms with Crippen LogP contribution in [0.25, 0.3) is 0 Å². The van der Waals surface area contributed by atoms with Gasteiger partial charge in [-0.05, 0) is 57.8 Å². The number of carbonyl (C=O) groups excluding carboxylic acids is 1. The lowest BCUT2D eigenvalue weighted by Gasteiger charge is -2.13. The molecule has 1 rings (SSSR count). The van der Waals surface area contributed by atoms with E-state index < -0.39 is 23.9 Å². The minimum absolute atomic E-state index is 0.0477. The molecule has 0 aliphatic heterocycles. The summed E-state index contributed by atoms with van der Waals surface area (Å²) in [6, 6.07) is 0. The summed E-state index contributed by atoms with van der Waals surface area (Å²) >= 11 is 0. The van der Waals surface area contributed by atoms with Gasteiger partial charge in [0.2, 0.25) is 0 Å². The molecule has 0 aromatic heterocycles. The van der Waals surface area contributed by atoms with E-state index in [2.05, 4.69) is 67.7 Å². The third-order valence-corrected chi connectivity index (χ3v) is 5.42. The fraction of sp³-hybridized carbons (Fsp3) is 0.500. The molecule has 32 heavy (non-hydrogen) atoms. The number of carboxylic acid groups (broad SMARTS) is 1. The van der Waals surface area contributed by atoms with Gasteiger partial charge in [0.05, 0.1) is 12.0 Å². The van der Waals surface area contributed by atoms with E-state index in [0.717, 1.165) is 38.5 Å². The van der Waals surface area contributed by atoms with Crippen LogP contribution < -0.4 is 0 Å². The highest BCUT2D eigenvalue weighted by Crippen LogP contribution is 2.34. The van der Waals surface area contributed by atoms with Gasteiger partial charge in [0.15, 0.2) is 0 Å². The second-order valence-electron chi connectivity index (χ2n) is 8.10. The van der Waals surface area contributed by atoms with Crippen molar-refractivity contribution in [2.24, 2.45) is 11.8 Å². The Morgan fingerprint density at radius 2 is 1.09 bits per heavy atom. The highest BCUT2D eigenvalue weighted by atomic mass is 16.4. The summed E-state index contributed by atoms with van der Waals surface area (Å²) in [6.45, 7) is 2.14. The first-order chi connectivity index (χ1) is 15.6. The third-order valence-electron chi connectivity index (χ3n) is 5.42. The van der Waals surface area contributed by atoms with E-state index in [1.807, 2.05) is 12.2 Å². The molecule has 3 unspecified atom stereocenters. The van der Waals surface area contributed by atoms with Gasteiger partial charge < -0.3 is 10.2 Å². The number of ketones is 1. The van der Waals surface area contributed by atoms with E-state index in [1.165, 1.54) is 0 Å². The number of hydrogen-bond acceptors (Lipinski definition) is 3. The van der Waals surface area contributed by atoms with Crippen molar-refractivity contribution in [1.82, 2.24) is 0 Å². The fourth-order valence-electron chi connectivity index (χ4n) is 3.69. The van der Waals surface area contributed by atoms with Crippen molar-refractivity contribution in [2.75, 3.05) is 0 Å². The number of hydrogen-bond donors (Lipinski definition) is 2. The minimum Gasteiger partial charge on any atom is -0.481 e. The average Bonchev–Trinajstić information content (AvgIpc) is 3.17. The largest absolute Gasteiger partial charge is 0.481 e. The molecule has 2 N–H and O–H groups in total. The summed E-state index contributed by atoms with van der Waals surface area (Å²) in [7, 11) is 0. The van der Waals surface area contributed by atoms with Crippen LogP contribution in [0.1, 0.15) is 71.1 Å². The molecule has 4 nitrogen and oxygen atoms in total. The lowest BCUT2D eigenvalue weighted by atomic mass is 9.90. The van der Waals surface area contributed by atoms with E-state index in [9.17, 15) is 19.8 Å². The first-order valence-corrected chi connectivity index (χ1v) is 11.9. The van der Waals surface area contributed by atoms with Crippen LogP contribution in [-0.4, -0.2) is 28.1 Å². The molecule has 3 atom stereocenters. The van der Waals surface area contributed by atoms with Gasteiger partial charge in [0.1, 0.15) is 5.78 Å². The molecular formula is C28H40O4. The Morgan fingerprint density at radius 1 is 0.688 bits per heavy atom. The van der Waals surface area contributed by atoms with Crippen LogP contribution in [-0.2, 0) is 9.59 Å². The van der Waals surface area contributed by atoms with Crippen molar-refractivity contribution in [3.8, 4) is 0 Å². The summed E-state index contributed by atoms with van der Waals surface area (Å²) < 4.78 is 0. The Labute approximate surface area is 193 Å². The molecule has 0 bridgehead atoms.